The van der Waals surface area contributed by atoms with Crippen LogP contribution in [0.1, 0.15) is 40.5 Å². The van der Waals surface area contributed by atoms with Crippen molar-refractivity contribution in [3.63, 3.8) is 0 Å². The van der Waals surface area contributed by atoms with Crippen molar-refractivity contribution in [2.24, 2.45) is 5.92 Å². The van der Waals surface area contributed by atoms with E-state index in [1.807, 2.05) is 7.05 Å². The molecule has 0 aromatic carbocycles. The molecule has 1 fully saturated rings. The van der Waals surface area contributed by atoms with Gasteiger partial charge in [0.05, 0.1) is 0 Å². The highest BCUT2D eigenvalue weighted by Crippen LogP contribution is 2.31. The zero-order chi connectivity index (χ0) is 15.4. The van der Waals surface area contributed by atoms with Crippen molar-refractivity contribution in [2.45, 2.75) is 46.6 Å². The summed E-state index contributed by atoms with van der Waals surface area (Å²) < 4.78 is 0. The molecule has 6 heteroatoms. The summed E-state index contributed by atoms with van der Waals surface area (Å²) >= 11 is 0. The highest BCUT2D eigenvalue weighted by atomic mass is 15.4. The number of rotatable bonds is 8. The highest BCUT2D eigenvalue weighted by molar-refractivity contribution is 5.46. The van der Waals surface area contributed by atoms with E-state index >= 15 is 0 Å². The maximum Gasteiger partial charge on any atom is 0.232 e. The van der Waals surface area contributed by atoms with Crippen molar-refractivity contribution >= 4 is 17.8 Å². The van der Waals surface area contributed by atoms with Crippen molar-refractivity contribution in [1.82, 2.24) is 15.0 Å². The summed E-state index contributed by atoms with van der Waals surface area (Å²) in [5.74, 6) is 2.82. The molecule has 1 saturated carbocycles. The SMILES string of the molecule is CCN(CC)c1nc(NC)nc(N(CC(C)C)C2CC2)n1. The lowest BCUT2D eigenvalue weighted by atomic mass is 10.2. The van der Waals surface area contributed by atoms with Gasteiger partial charge in [0.15, 0.2) is 0 Å². The first-order valence-corrected chi connectivity index (χ1v) is 8.04. The summed E-state index contributed by atoms with van der Waals surface area (Å²) in [6.07, 6.45) is 2.49. The molecule has 1 aromatic heterocycles. The van der Waals surface area contributed by atoms with Gasteiger partial charge >= 0.3 is 0 Å². The van der Waals surface area contributed by atoms with Crippen molar-refractivity contribution in [3.05, 3.63) is 0 Å². The minimum absolute atomic E-state index is 0.595. The molecule has 0 spiro atoms. The van der Waals surface area contributed by atoms with Crippen LogP contribution in [0.3, 0.4) is 0 Å². The third-order valence-electron chi connectivity index (χ3n) is 3.69. The summed E-state index contributed by atoms with van der Waals surface area (Å²) in [6.45, 7) is 11.5. The van der Waals surface area contributed by atoms with E-state index in [-0.39, 0.29) is 0 Å². The average Bonchev–Trinajstić information content (AvgIpc) is 3.30. The van der Waals surface area contributed by atoms with E-state index in [9.17, 15) is 0 Å². The van der Waals surface area contributed by atoms with Gasteiger partial charge in [0.2, 0.25) is 17.8 Å². The molecule has 0 bridgehead atoms. The van der Waals surface area contributed by atoms with E-state index in [2.05, 4.69) is 52.8 Å². The van der Waals surface area contributed by atoms with Gasteiger partial charge in [-0.2, -0.15) is 15.0 Å². The lowest BCUT2D eigenvalue weighted by Gasteiger charge is -2.26. The van der Waals surface area contributed by atoms with Gasteiger partial charge in [-0.3, -0.25) is 0 Å². The Morgan fingerprint density at radius 3 is 2.19 bits per heavy atom. The average molecular weight is 292 g/mol. The molecule has 0 atom stereocenters. The molecule has 1 heterocycles. The van der Waals surface area contributed by atoms with Crippen LogP contribution < -0.4 is 15.1 Å². The molecule has 1 N–H and O–H groups in total. The minimum atomic E-state index is 0.595. The standard InChI is InChI=1S/C15H28N6/c1-6-20(7-2)14-17-13(16-5)18-15(19-14)21(10-11(3)4)12-8-9-12/h11-12H,6-10H2,1-5H3,(H,16,17,18,19). The second-order valence-corrected chi connectivity index (χ2v) is 5.96. The summed E-state index contributed by atoms with van der Waals surface area (Å²) in [5.41, 5.74) is 0. The molecule has 0 saturated heterocycles. The molecule has 21 heavy (non-hydrogen) atoms. The fourth-order valence-electron chi connectivity index (χ4n) is 2.42. The molecule has 1 aromatic rings. The normalized spacial score (nSPS) is 14.4. The van der Waals surface area contributed by atoms with Crippen molar-refractivity contribution < 1.29 is 0 Å². The predicted molar refractivity (Wildman–Crippen MR) is 88.1 cm³/mol. The van der Waals surface area contributed by atoms with Gasteiger partial charge in [-0.1, -0.05) is 13.8 Å². The smallest absolute Gasteiger partial charge is 0.232 e. The summed E-state index contributed by atoms with van der Waals surface area (Å²) in [7, 11) is 1.86. The third kappa shape index (κ3) is 3.95. The summed E-state index contributed by atoms with van der Waals surface area (Å²) in [6, 6.07) is 0.601. The quantitative estimate of drug-likeness (QED) is 0.794. The van der Waals surface area contributed by atoms with Gasteiger partial charge in [-0.05, 0) is 32.6 Å². The molecule has 2 rings (SSSR count). The lowest BCUT2D eigenvalue weighted by molar-refractivity contribution is 0.595. The molecule has 0 radical (unpaired) electrons. The first-order valence-electron chi connectivity index (χ1n) is 8.04. The van der Waals surface area contributed by atoms with Crippen LogP contribution in [-0.2, 0) is 0 Å². The molecular weight excluding hydrogens is 264 g/mol. The van der Waals surface area contributed by atoms with Gasteiger partial charge in [0.1, 0.15) is 0 Å². The summed E-state index contributed by atoms with van der Waals surface area (Å²) in [5, 5.41) is 3.06. The Hall–Kier alpha value is -1.59. The first-order chi connectivity index (χ1) is 10.1. The number of aromatic nitrogens is 3. The number of anilines is 3. The van der Waals surface area contributed by atoms with Gasteiger partial charge in [-0.25, -0.2) is 0 Å². The molecule has 1 aliphatic carbocycles. The second-order valence-electron chi connectivity index (χ2n) is 5.96. The van der Waals surface area contributed by atoms with Crippen LogP contribution >= 0.6 is 0 Å². The van der Waals surface area contributed by atoms with Crippen LogP contribution in [0.15, 0.2) is 0 Å². The van der Waals surface area contributed by atoms with Crippen LogP contribution in [0.4, 0.5) is 17.8 Å². The lowest BCUT2D eigenvalue weighted by Crippen LogP contribution is -2.33. The Bertz CT molecular complexity index is 453. The van der Waals surface area contributed by atoms with Crippen LogP contribution in [0.25, 0.3) is 0 Å². The van der Waals surface area contributed by atoms with Crippen molar-refractivity contribution in [2.75, 3.05) is 41.8 Å². The molecule has 6 nitrogen and oxygen atoms in total. The highest BCUT2D eigenvalue weighted by Gasteiger charge is 2.32. The van der Waals surface area contributed by atoms with E-state index < -0.39 is 0 Å². The van der Waals surface area contributed by atoms with Gasteiger partial charge < -0.3 is 15.1 Å². The predicted octanol–water partition coefficient (Wildman–Crippen LogP) is 2.38. The van der Waals surface area contributed by atoms with Crippen LogP contribution in [0.2, 0.25) is 0 Å². The number of nitrogens with zero attached hydrogens (tertiary/aromatic N) is 5. The number of hydrogen-bond donors (Lipinski definition) is 1. The van der Waals surface area contributed by atoms with E-state index in [1.54, 1.807) is 0 Å². The maximum absolute atomic E-state index is 4.73. The third-order valence-corrected chi connectivity index (χ3v) is 3.69. The fraction of sp³-hybridized carbons (Fsp3) is 0.800. The molecule has 0 aliphatic heterocycles. The van der Waals surface area contributed by atoms with Crippen LogP contribution in [-0.4, -0.2) is 47.7 Å². The Kier molecular flexibility index (Phi) is 5.20. The molecule has 1 aliphatic rings. The van der Waals surface area contributed by atoms with Crippen LogP contribution in [0.5, 0.6) is 0 Å². The Labute approximate surface area is 128 Å². The number of hydrogen-bond acceptors (Lipinski definition) is 6. The first kappa shape index (κ1) is 15.8. The van der Waals surface area contributed by atoms with Gasteiger partial charge in [0, 0.05) is 32.7 Å². The number of nitrogens with one attached hydrogen (secondary N) is 1. The van der Waals surface area contributed by atoms with Gasteiger partial charge in [-0.15, -0.1) is 0 Å². The molecular formula is C15H28N6. The Morgan fingerprint density at radius 1 is 1.10 bits per heavy atom. The van der Waals surface area contributed by atoms with Crippen molar-refractivity contribution in [1.29, 1.82) is 0 Å². The monoisotopic (exact) mass is 292 g/mol. The summed E-state index contributed by atoms with van der Waals surface area (Å²) in [4.78, 5) is 18.3. The zero-order valence-electron chi connectivity index (χ0n) is 13.9. The minimum Gasteiger partial charge on any atom is -0.357 e. The Balaban J connectivity index is 2.33. The second kappa shape index (κ2) is 6.91. The van der Waals surface area contributed by atoms with Gasteiger partial charge in [0.25, 0.3) is 0 Å². The van der Waals surface area contributed by atoms with Crippen LogP contribution in [0, 0.1) is 5.92 Å². The van der Waals surface area contributed by atoms with E-state index in [4.69, 9.17) is 4.98 Å². The zero-order valence-corrected chi connectivity index (χ0v) is 13.9. The molecule has 0 amide bonds. The largest absolute Gasteiger partial charge is 0.357 e. The van der Waals surface area contributed by atoms with E-state index in [0.29, 0.717) is 17.9 Å². The molecule has 0 unspecified atom stereocenters. The maximum atomic E-state index is 4.73. The van der Waals surface area contributed by atoms with E-state index in [1.165, 1.54) is 12.8 Å². The fourth-order valence-corrected chi connectivity index (χ4v) is 2.42. The van der Waals surface area contributed by atoms with E-state index in [0.717, 1.165) is 31.5 Å². The Morgan fingerprint density at radius 2 is 1.71 bits per heavy atom. The van der Waals surface area contributed by atoms with Crippen molar-refractivity contribution in [3.8, 4) is 0 Å². The topological polar surface area (TPSA) is 57.2 Å². The molecule has 118 valence electrons.